The summed E-state index contributed by atoms with van der Waals surface area (Å²) in [4.78, 5) is 12.1. The molecule has 70 valence electrons. The normalized spacial score (nSPS) is 26.8. The molecule has 2 rings (SSSR count). The third-order valence-electron chi connectivity index (χ3n) is 2.83. The highest BCUT2D eigenvalue weighted by Crippen LogP contribution is 2.45. The molecule has 2 atom stereocenters. The van der Waals surface area contributed by atoms with Gasteiger partial charge in [-0.2, -0.15) is 0 Å². The molecule has 1 heterocycles. The summed E-state index contributed by atoms with van der Waals surface area (Å²) in [6.45, 7) is 2.06. The van der Waals surface area contributed by atoms with Gasteiger partial charge in [-0.3, -0.25) is 4.79 Å². The summed E-state index contributed by atoms with van der Waals surface area (Å²) in [5, 5.41) is 10.9. The van der Waals surface area contributed by atoms with Crippen molar-refractivity contribution in [3.63, 3.8) is 0 Å². The van der Waals surface area contributed by atoms with E-state index >= 15 is 0 Å². The van der Waals surface area contributed by atoms with Crippen molar-refractivity contribution in [2.24, 2.45) is 5.92 Å². The van der Waals surface area contributed by atoms with Gasteiger partial charge in [-0.05, 0) is 36.8 Å². The van der Waals surface area contributed by atoms with Crippen LogP contribution in [0.1, 0.15) is 29.2 Å². The van der Waals surface area contributed by atoms with E-state index in [0.29, 0.717) is 0 Å². The van der Waals surface area contributed by atoms with Crippen LogP contribution in [-0.4, -0.2) is 11.1 Å². The van der Waals surface area contributed by atoms with Gasteiger partial charge in [0.1, 0.15) is 0 Å². The lowest BCUT2D eigenvalue weighted by Gasteiger charge is -2.33. The first-order chi connectivity index (χ1) is 6.20. The van der Waals surface area contributed by atoms with E-state index in [1.165, 1.54) is 10.4 Å². The van der Waals surface area contributed by atoms with Crippen molar-refractivity contribution in [1.82, 2.24) is 0 Å². The predicted molar refractivity (Wildman–Crippen MR) is 52.2 cm³/mol. The first kappa shape index (κ1) is 8.75. The first-order valence-corrected chi connectivity index (χ1v) is 5.35. The molecule has 13 heavy (non-hydrogen) atoms. The van der Waals surface area contributed by atoms with Crippen molar-refractivity contribution in [1.29, 1.82) is 0 Å². The summed E-state index contributed by atoms with van der Waals surface area (Å²) in [6, 6.07) is 2.07. The number of rotatable bonds is 2. The maximum atomic E-state index is 10.8. The summed E-state index contributed by atoms with van der Waals surface area (Å²) in [5.41, 5.74) is 1.25. The topological polar surface area (TPSA) is 37.3 Å². The van der Waals surface area contributed by atoms with Crippen LogP contribution in [0.2, 0.25) is 0 Å². The fraction of sp³-hybridized carbons (Fsp3) is 0.500. The standard InChI is InChI=1S/C10H12O2S/c1-6-4-5-13-9(6)7-2-3-8(7)10(11)12/h4-5,7-8H,2-3H2,1H3,(H,11,12). The fourth-order valence-electron chi connectivity index (χ4n) is 1.87. The Hall–Kier alpha value is -0.830. The molecule has 1 N–H and O–H groups in total. The molecule has 1 aromatic rings. The van der Waals surface area contributed by atoms with Crippen LogP contribution < -0.4 is 0 Å². The highest BCUT2D eigenvalue weighted by atomic mass is 32.1. The molecule has 2 unspecified atom stereocenters. The quantitative estimate of drug-likeness (QED) is 0.789. The lowest BCUT2D eigenvalue weighted by molar-refractivity contribution is -0.145. The Balaban J connectivity index is 2.19. The Labute approximate surface area is 81.2 Å². The van der Waals surface area contributed by atoms with E-state index in [9.17, 15) is 4.79 Å². The molecule has 1 aliphatic rings. The van der Waals surface area contributed by atoms with Crippen molar-refractivity contribution in [3.8, 4) is 0 Å². The number of aryl methyl sites for hydroxylation is 1. The summed E-state index contributed by atoms with van der Waals surface area (Å²) in [7, 11) is 0. The minimum atomic E-state index is -0.635. The first-order valence-electron chi connectivity index (χ1n) is 4.47. The van der Waals surface area contributed by atoms with E-state index < -0.39 is 5.97 Å². The van der Waals surface area contributed by atoms with Gasteiger partial charge >= 0.3 is 5.97 Å². The van der Waals surface area contributed by atoms with Gasteiger partial charge in [-0.1, -0.05) is 0 Å². The summed E-state index contributed by atoms with van der Waals surface area (Å²) >= 11 is 1.69. The summed E-state index contributed by atoms with van der Waals surface area (Å²) in [6.07, 6.45) is 1.88. The number of carbonyl (C=O) groups is 1. The smallest absolute Gasteiger partial charge is 0.307 e. The van der Waals surface area contributed by atoms with Crippen molar-refractivity contribution >= 4 is 17.3 Å². The molecule has 1 saturated carbocycles. The van der Waals surface area contributed by atoms with Crippen LogP contribution in [0.5, 0.6) is 0 Å². The molecule has 1 aliphatic carbocycles. The van der Waals surface area contributed by atoms with Crippen LogP contribution in [0.15, 0.2) is 11.4 Å². The molecule has 0 aliphatic heterocycles. The van der Waals surface area contributed by atoms with E-state index in [0.717, 1.165) is 12.8 Å². The highest BCUT2D eigenvalue weighted by molar-refractivity contribution is 7.10. The maximum Gasteiger partial charge on any atom is 0.307 e. The lowest BCUT2D eigenvalue weighted by atomic mass is 9.72. The van der Waals surface area contributed by atoms with Crippen LogP contribution in [0.25, 0.3) is 0 Å². The molecular weight excluding hydrogens is 184 g/mol. The van der Waals surface area contributed by atoms with Gasteiger partial charge in [0, 0.05) is 10.8 Å². The van der Waals surface area contributed by atoms with E-state index in [-0.39, 0.29) is 11.8 Å². The molecule has 0 aromatic carbocycles. The third kappa shape index (κ3) is 1.37. The second-order valence-electron chi connectivity index (χ2n) is 3.60. The maximum absolute atomic E-state index is 10.8. The van der Waals surface area contributed by atoms with Crippen molar-refractivity contribution < 1.29 is 9.90 Å². The monoisotopic (exact) mass is 196 g/mol. The molecule has 3 heteroatoms. The Kier molecular flexibility index (Phi) is 2.12. The molecule has 0 amide bonds. The predicted octanol–water partition coefficient (Wildman–Crippen LogP) is 2.63. The van der Waals surface area contributed by atoms with Gasteiger partial charge in [-0.25, -0.2) is 0 Å². The van der Waals surface area contributed by atoms with Crippen LogP contribution in [0, 0.1) is 12.8 Å². The van der Waals surface area contributed by atoms with Crippen LogP contribution in [0.3, 0.4) is 0 Å². The van der Waals surface area contributed by atoms with E-state index in [1.807, 2.05) is 5.38 Å². The molecule has 0 spiro atoms. The van der Waals surface area contributed by atoms with Crippen molar-refractivity contribution in [2.45, 2.75) is 25.7 Å². The van der Waals surface area contributed by atoms with Gasteiger partial charge < -0.3 is 5.11 Å². The van der Waals surface area contributed by atoms with E-state index in [2.05, 4.69) is 13.0 Å². The lowest BCUT2D eigenvalue weighted by Crippen LogP contribution is -2.30. The molecule has 0 radical (unpaired) electrons. The molecular formula is C10H12O2S. The van der Waals surface area contributed by atoms with Gasteiger partial charge in [-0.15, -0.1) is 11.3 Å². The average molecular weight is 196 g/mol. The largest absolute Gasteiger partial charge is 0.481 e. The third-order valence-corrected chi connectivity index (χ3v) is 3.98. The fourth-order valence-corrected chi connectivity index (χ4v) is 3.00. The zero-order valence-electron chi connectivity index (χ0n) is 7.49. The molecule has 2 nitrogen and oxygen atoms in total. The average Bonchev–Trinajstić information content (AvgIpc) is 2.33. The Morgan fingerprint density at radius 1 is 1.62 bits per heavy atom. The van der Waals surface area contributed by atoms with Crippen molar-refractivity contribution in [3.05, 3.63) is 21.9 Å². The molecule has 0 bridgehead atoms. The molecule has 0 saturated heterocycles. The number of thiophene rings is 1. The molecule has 1 fully saturated rings. The highest BCUT2D eigenvalue weighted by Gasteiger charge is 2.38. The zero-order valence-corrected chi connectivity index (χ0v) is 8.30. The minimum absolute atomic E-state index is 0.127. The number of carboxylic acid groups (broad SMARTS) is 1. The van der Waals surface area contributed by atoms with Gasteiger partial charge in [0.25, 0.3) is 0 Å². The Morgan fingerprint density at radius 2 is 2.38 bits per heavy atom. The van der Waals surface area contributed by atoms with E-state index in [4.69, 9.17) is 5.11 Å². The Bertz CT molecular complexity index is 329. The second-order valence-corrected chi connectivity index (χ2v) is 4.54. The van der Waals surface area contributed by atoms with Gasteiger partial charge in [0.15, 0.2) is 0 Å². The van der Waals surface area contributed by atoms with Crippen LogP contribution in [0.4, 0.5) is 0 Å². The van der Waals surface area contributed by atoms with E-state index in [1.54, 1.807) is 11.3 Å². The summed E-state index contributed by atoms with van der Waals surface area (Å²) in [5.74, 6) is -0.473. The van der Waals surface area contributed by atoms with Crippen LogP contribution >= 0.6 is 11.3 Å². The SMILES string of the molecule is Cc1ccsc1C1CCC1C(=O)O. The minimum Gasteiger partial charge on any atom is -0.481 e. The van der Waals surface area contributed by atoms with Crippen molar-refractivity contribution in [2.75, 3.05) is 0 Å². The Morgan fingerprint density at radius 3 is 2.77 bits per heavy atom. The zero-order chi connectivity index (χ0) is 9.42. The second kappa shape index (κ2) is 3.14. The van der Waals surface area contributed by atoms with Gasteiger partial charge in [0.2, 0.25) is 0 Å². The summed E-state index contributed by atoms with van der Waals surface area (Å²) < 4.78 is 0. The number of hydrogen-bond acceptors (Lipinski definition) is 2. The number of hydrogen-bond donors (Lipinski definition) is 1. The van der Waals surface area contributed by atoms with Crippen LogP contribution in [-0.2, 0) is 4.79 Å². The van der Waals surface area contributed by atoms with Gasteiger partial charge in [0.05, 0.1) is 5.92 Å². The number of aliphatic carboxylic acids is 1. The molecule has 1 aromatic heterocycles. The number of carboxylic acids is 1.